The maximum atomic E-state index is 11.1. The van der Waals surface area contributed by atoms with Crippen LogP contribution in [0.3, 0.4) is 0 Å². The molecule has 0 radical (unpaired) electrons. The SMILES string of the molecule is C#CCCCCCCCCC1=CC(=O)OC1=O. The lowest BCUT2D eigenvalue weighted by molar-refractivity contribution is -0.150. The highest BCUT2D eigenvalue weighted by atomic mass is 16.6. The zero-order valence-corrected chi connectivity index (χ0v) is 10.0. The minimum absolute atomic E-state index is 0.468. The second-order valence-electron chi connectivity index (χ2n) is 4.20. The average Bonchev–Trinajstić information content (AvgIpc) is 2.61. The molecule has 0 saturated carbocycles. The molecule has 0 N–H and O–H groups in total. The van der Waals surface area contributed by atoms with E-state index in [0.717, 1.165) is 32.1 Å². The third-order valence-electron chi connectivity index (χ3n) is 2.76. The summed E-state index contributed by atoms with van der Waals surface area (Å²) in [6, 6.07) is 0. The Kier molecular flexibility index (Phi) is 6.09. The first-order chi connectivity index (χ1) is 8.24. The summed E-state index contributed by atoms with van der Waals surface area (Å²) in [7, 11) is 0. The molecule has 0 aromatic carbocycles. The highest BCUT2D eigenvalue weighted by Gasteiger charge is 2.22. The van der Waals surface area contributed by atoms with Crippen molar-refractivity contribution in [3.05, 3.63) is 11.6 Å². The van der Waals surface area contributed by atoms with Gasteiger partial charge in [-0.3, -0.25) is 0 Å². The van der Waals surface area contributed by atoms with Crippen molar-refractivity contribution >= 4 is 11.9 Å². The maximum Gasteiger partial charge on any atom is 0.342 e. The van der Waals surface area contributed by atoms with Crippen LogP contribution in [0.1, 0.15) is 51.4 Å². The standard InChI is InChI=1S/C14H18O3/c1-2-3-4-5-6-7-8-9-10-12-11-13(15)17-14(12)16/h1,11H,3-10H2. The van der Waals surface area contributed by atoms with E-state index in [1.54, 1.807) is 0 Å². The molecule has 0 aromatic heterocycles. The van der Waals surface area contributed by atoms with Crippen molar-refractivity contribution in [2.24, 2.45) is 0 Å². The van der Waals surface area contributed by atoms with Crippen molar-refractivity contribution in [1.29, 1.82) is 0 Å². The van der Waals surface area contributed by atoms with E-state index in [-0.39, 0.29) is 0 Å². The Morgan fingerprint density at radius 2 is 1.71 bits per heavy atom. The first kappa shape index (κ1) is 13.5. The third kappa shape index (κ3) is 5.35. The van der Waals surface area contributed by atoms with Crippen LogP contribution < -0.4 is 0 Å². The van der Waals surface area contributed by atoms with Crippen molar-refractivity contribution in [1.82, 2.24) is 0 Å². The molecule has 1 aliphatic heterocycles. The van der Waals surface area contributed by atoms with Crippen LogP contribution >= 0.6 is 0 Å². The number of ether oxygens (including phenoxy) is 1. The number of rotatable bonds is 8. The minimum Gasteiger partial charge on any atom is -0.386 e. The number of carbonyl (C=O) groups is 2. The Bertz CT molecular complexity index is 347. The van der Waals surface area contributed by atoms with Crippen molar-refractivity contribution in [3.63, 3.8) is 0 Å². The van der Waals surface area contributed by atoms with Crippen LogP contribution in [0.5, 0.6) is 0 Å². The van der Waals surface area contributed by atoms with Gasteiger partial charge in [-0.25, -0.2) is 9.59 Å². The van der Waals surface area contributed by atoms with Crippen molar-refractivity contribution < 1.29 is 14.3 Å². The molecule has 1 rings (SSSR count). The second-order valence-corrected chi connectivity index (χ2v) is 4.20. The first-order valence-corrected chi connectivity index (χ1v) is 6.14. The smallest absolute Gasteiger partial charge is 0.342 e. The number of hydrogen-bond acceptors (Lipinski definition) is 3. The van der Waals surface area contributed by atoms with Gasteiger partial charge in [0.05, 0.1) is 0 Å². The fourth-order valence-electron chi connectivity index (χ4n) is 1.81. The number of carbonyl (C=O) groups excluding carboxylic acids is 2. The number of terminal acetylenes is 1. The van der Waals surface area contributed by atoms with Gasteiger partial charge in [-0.2, -0.15) is 0 Å². The van der Waals surface area contributed by atoms with Crippen LogP contribution in [-0.2, 0) is 14.3 Å². The molecular formula is C14H18O3. The van der Waals surface area contributed by atoms with Crippen LogP contribution in [0, 0.1) is 12.3 Å². The highest BCUT2D eigenvalue weighted by Crippen LogP contribution is 2.17. The van der Waals surface area contributed by atoms with Crippen LogP contribution in [0.2, 0.25) is 0 Å². The Morgan fingerprint density at radius 1 is 1.06 bits per heavy atom. The number of cyclic esters (lactones) is 2. The number of unbranched alkanes of at least 4 members (excludes halogenated alkanes) is 6. The summed E-state index contributed by atoms with van der Waals surface area (Å²) in [4.78, 5) is 21.9. The van der Waals surface area contributed by atoms with E-state index in [1.165, 1.54) is 18.9 Å². The van der Waals surface area contributed by atoms with E-state index in [4.69, 9.17) is 6.42 Å². The predicted molar refractivity (Wildman–Crippen MR) is 65.0 cm³/mol. The molecule has 1 aliphatic rings. The monoisotopic (exact) mass is 234 g/mol. The number of esters is 2. The maximum absolute atomic E-state index is 11.1. The van der Waals surface area contributed by atoms with E-state index in [9.17, 15) is 9.59 Å². The van der Waals surface area contributed by atoms with Crippen LogP contribution in [0.15, 0.2) is 11.6 Å². The zero-order valence-electron chi connectivity index (χ0n) is 10.0. The van der Waals surface area contributed by atoms with Crippen molar-refractivity contribution in [3.8, 4) is 12.3 Å². The Morgan fingerprint density at radius 3 is 2.29 bits per heavy atom. The quantitative estimate of drug-likeness (QED) is 0.281. The largest absolute Gasteiger partial charge is 0.386 e. The summed E-state index contributed by atoms with van der Waals surface area (Å²) in [5.74, 6) is 1.63. The summed E-state index contributed by atoms with van der Waals surface area (Å²) in [6.07, 6.45) is 14.6. The topological polar surface area (TPSA) is 43.4 Å². The van der Waals surface area contributed by atoms with Gasteiger partial charge in [-0.05, 0) is 19.3 Å². The zero-order chi connectivity index (χ0) is 12.5. The molecule has 0 saturated heterocycles. The molecule has 0 bridgehead atoms. The summed E-state index contributed by atoms with van der Waals surface area (Å²) in [5, 5.41) is 0. The molecule has 0 atom stereocenters. The molecule has 3 heteroatoms. The van der Waals surface area contributed by atoms with Crippen molar-refractivity contribution in [2.45, 2.75) is 51.4 Å². The Hall–Kier alpha value is -1.56. The van der Waals surface area contributed by atoms with Gasteiger partial charge < -0.3 is 4.74 Å². The minimum atomic E-state index is -0.528. The Balaban J connectivity index is 1.98. The van der Waals surface area contributed by atoms with E-state index in [0.29, 0.717) is 12.0 Å². The van der Waals surface area contributed by atoms with Gasteiger partial charge in [-0.15, -0.1) is 12.3 Å². The summed E-state index contributed by atoms with van der Waals surface area (Å²) >= 11 is 0. The summed E-state index contributed by atoms with van der Waals surface area (Å²) in [5.41, 5.74) is 0.516. The molecule has 1 heterocycles. The second kappa shape index (κ2) is 7.67. The Labute approximate surface area is 102 Å². The molecule has 0 spiro atoms. The fourth-order valence-corrected chi connectivity index (χ4v) is 1.81. The van der Waals surface area contributed by atoms with Crippen molar-refractivity contribution in [2.75, 3.05) is 0 Å². The molecule has 0 unspecified atom stereocenters. The normalized spacial score (nSPS) is 14.4. The molecule has 17 heavy (non-hydrogen) atoms. The summed E-state index contributed by atoms with van der Waals surface area (Å²) in [6.45, 7) is 0. The van der Waals surface area contributed by atoms with Gasteiger partial charge in [0.2, 0.25) is 0 Å². The van der Waals surface area contributed by atoms with Crippen LogP contribution in [0.25, 0.3) is 0 Å². The first-order valence-electron chi connectivity index (χ1n) is 6.14. The molecule has 3 nitrogen and oxygen atoms in total. The molecule has 92 valence electrons. The van der Waals surface area contributed by atoms with Crippen LogP contribution in [-0.4, -0.2) is 11.9 Å². The molecule has 0 aliphatic carbocycles. The average molecular weight is 234 g/mol. The highest BCUT2D eigenvalue weighted by molar-refractivity contribution is 6.08. The van der Waals surface area contributed by atoms with Crippen LogP contribution in [0.4, 0.5) is 0 Å². The predicted octanol–water partition coefficient (Wildman–Crippen LogP) is 2.75. The van der Waals surface area contributed by atoms with E-state index in [2.05, 4.69) is 10.7 Å². The lowest BCUT2D eigenvalue weighted by atomic mass is 10.0. The van der Waals surface area contributed by atoms with Gasteiger partial charge >= 0.3 is 11.9 Å². The molecule has 0 amide bonds. The van der Waals surface area contributed by atoms with Gasteiger partial charge in [0, 0.05) is 18.1 Å². The van der Waals surface area contributed by atoms with Gasteiger partial charge in [0.25, 0.3) is 0 Å². The van der Waals surface area contributed by atoms with E-state index >= 15 is 0 Å². The number of hydrogen-bond donors (Lipinski definition) is 0. The molecular weight excluding hydrogens is 216 g/mol. The fraction of sp³-hybridized carbons (Fsp3) is 0.571. The van der Waals surface area contributed by atoms with Gasteiger partial charge in [0.15, 0.2) is 0 Å². The lowest BCUT2D eigenvalue weighted by Crippen LogP contribution is -2.01. The van der Waals surface area contributed by atoms with E-state index < -0.39 is 11.9 Å². The molecule has 0 aromatic rings. The van der Waals surface area contributed by atoms with Gasteiger partial charge in [0.1, 0.15) is 0 Å². The van der Waals surface area contributed by atoms with Gasteiger partial charge in [-0.1, -0.05) is 25.7 Å². The lowest BCUT2D eigenvalue weighted by Gasteiger charge is -2.00. The molecule has 0 fully saturated rings. The third-order valence-corrected chi connectivity index (χ3v) is 2.76. The van der Waals surface area contributed by atoms with E-state index in [1.807, 2.05) is 0 Å². The summed E-state index contributed by atoms with van der Waals surface area (Å²) < 4.78 is 4.41.